The Morgan fingerprint density at radius 3 is 2.31 bits per heavy atom. The van der Waals surface area contributed by atoms with Crippen LogP contribution in [0.4, 0.5) is 0 Å². The van der Waals surface area contributed by atoms with Crippen molar-refractivity contribution in [2.24, 2.45) is 0 Å². The number of pyridine rings is 1. The quantitative estimate of drug-likeness (QED) is 0.624. The maximum absolute atomic E-state index is 11.9. The van der Waals surface area contributed by atoms with Gasteiger partial charge in [0.15, 0.2) is 12.4 Å². The van der Waals surface area contributed by atoms with Crippen LogP contribution in [0.3, 0.4) is 0 Å². The van der Waals surface area contributed by atoms with Crippen molar-refractivity contribution in [3.8, 4) is 0 Å². The lowest BCUT2D eigenvalue weighted by molar-refractivity contribution is -0.683. The summed E-state index contributed by atoms with van der Waals surface area (Å²) in [5, 5.41) is 0. The first-order valence-corrected chi connectivity index (χ1v) is 5.78. The van der Waals surface area contributed by atoms with Gasteiger partial charge in [-0.2, -0.15) is 4.57 Å². The van der Waals surface area contributed by atoms with E-state index in [0.717, 1.165) is 10.0 Å². The molecule has 0 aliphatic carbocycles. The van der Waals surface area contributed by atoms with E-state index in [2.05, 4.69) is 15.9 Å². The number of nitrogens with zero attached hydrogens (tertiary/aromatic N) is 1. The number of rotatable bonds is 3. The van der Waals surface area contributed by atoms with E-state index >= 15 is 0 Å². The topological polar surface area (TPSA) is 20.9 Å². The highest BCUT2D eigenvalue weighted by Gasteiger charge is 2.10. The van der Waals surface area contributed by atoms with Crippen LogP contribution < -0.4 is 4.57 Å². The smallest absolute Gasteiger partial charge is 0.227 e. The zero-order valence-corrected chi connectivity index (χ0v) is 10.2. The molecule has 0 fully saturated rings. The molecule has 0 aliphatic rings. The van der Waals surface area contributed by atoms with Crippen LogP contribution in [-0.2, 0) is 6.54 Å². The van der Waals surface area contributed by atoms with Gasteiger partial charge in [-0.25, -0.2) is 0 Å². The third-order valence-corrected chi connectivity index (χ3v) is 2.80. The number of hydrogen-bond acceptors (Lipinski definition) is 1. The van der Waals surface area contributed by atoms with Gasteiger partial charge in [-0.3, -0.25) is 4.79 Å². The molecule has 2 aromatic rings. The first-order valence-electron chi connectivity index (χ1n) is 4.98. The SMILES string of the molecule is O=C(C[n+]1ccc(Br)cc1)c1ccccc1. The summed E-state index contributed by atoms with van der Waals surface area (Å²) in [6, 6.07) is 13.2. The molecule has 16 heavy (non-hydrogen) atoms. The first kappa shape index (κ1) is 11.0. The molecular weight excluding hydrogens is 266 g/mol. The Labute approximate surface area is 103 Å². The fourth-order valence-electron chi connectivity index (χ4n) is 1.43. The maximum Gasteiger partial charge on any atom is 0.227 e. The maximum atomic E-state index is 11.9. The van der Waals surface area contributed by atoms with Gasteiger partial charge in [0.05, 0.1) is 0 Å². The van der Waals surface area contributed by atoms with Crippen LogP contribution in [0, 0.1) is 0 Å². The number of aromatic nitrogens is 1. The van der Waals surface area contributed by atoms with Gasteiger partial charge in [0, 0.05) is 22.2 Å². The zero-order chi connectivity index (χ0) is 11.4. The lowest BCUT2D eigenvalue weighted by Crippen LogP contribution is -2.36. The molecule has 0 saturated heterocycles. The molecule has 0 amide bonds. The molecule has 0 unspecified atom stereocenters. The standard InChI is InChI=1S/C13H11BrNO/c14-12-6-8-15(9-7-12)10-13(16)11-4-2-1-3-5-11/h1-9H,10H2/q+1. The number of halogens is 1. The van der Waals surface area contributed by atoms with E-state index in [1.807, 2.05) is 59.4 Å². The molecule has 0 saturated carbocycles. The highest BCUT2D eigenvalue weighted by Crippen LogP contribution is 2.04. The van der Waals surface area contributed by atoms with E-state index < -0.39 is 0 Å². The number of carbonyl (C=O) groups excluding carboxylic acids is 1. The van der Waals surface area contributed by atoms with Crippen molar-refractivity contribution in [1.82, 2.24) is 0 Å². The number of carbonyl (C=O) groups is 1. The summed E-state index contributed by atoms with van der Waals surface area (Å²) in [6.07, 6.45) is 3.76. The van der Waals surface area contributed by atoms with Gasteiger partial charge in [-0.05, 0) is 0 Å². The third kappa shape index (κ3) is 2.76. The second kappa shape index (κ2) is 5.03. The van der Waals surface area contributed by atoms with Crippen molar-refractivity contribution in [2.45, 2.75) is 6.54 Å². The van der Waals surface area contributed by atoms with Gasteiger partial charge in [0.2, 0.25) is 12.3 Å². The van der Waals surface area contributed by atoms with Crippen LogP contribution in [0.2, 0.25) is 0 Å². The van der Waals surface area contributed by atoms with E-state index in [4.69, 9.17) is 0 Å². The summed E-state index contributed by atoms with van der Waals surface area (Å²) in [7, 11) is 0. The Kier molecular flexibility index (Phi) is 3.47. The Morgan fingerprint density at radius 1 is 1.06 bits per heavy atom. The van der Waals surface area contributed by atoms with Crippen LogP contribution >= 0.6 is 15.9 Å². The fourth-order valence-corrected chi connectivity index (χ4v) is 1.66. The van der Waals surface area contributed by atoms with Crippen molar-refractivity contribution in [2.75, 3.05) is 0 Å². The second-order valence-electron chi connectivity index (χ2n) is 3.48. The van der Waals surface area contributed by atoms with Crippen molar-refractivity contribution in [3.05, 3.63) is 64.9 Å². The van der Waals surface area contributed by atoms with Crippen LogP contribution in [0.15, 0.2) is 59.3 Å². The number of benzene rings is 1. The molecule has 1 heterocycles. The molecule has 2 rings (SSSR count). The molecule has 0 radical (unpaired) electrons. The summed E-state index contributed by atoms with van der Waals surface area (Å²) in [4.78, 5) is 11.9. The molecule has 0 spiro atoms. The monoisotopic (exact) mass is 276 g/mol. The first-order chi connectivity index (χ1) is 7.75. The zero-order valence-electron chi connectivity index (χ0n) is 8.64. The van der Waals surface area contributed by atoms with Gasteiger partial charge in [-0.15, -0.1) is 0 Å². The molecule has 2 nitrogen and oxygen atoms in total. The van der Waals surface area contributed by atoms with Gasteiger partial charge < -0.3 is 0 Å². The van der Waals surface area contributed by atoms with Crippen molar-refractivity contribution in [3.63, 3.8) is 0 Å². The lowest BCUT2D eigenvalue weighted by Gasteiger charge is -1.97. The second-order valence-corrected chi connectivity index (χ2v) is 4.39. The highest BCUT2D eigenvalue weighted by molar-refractivity contribution is 9.10. The Bertz CT molecular complexity index is 479. The van der Waals surface area contributed by atoms with Gasteiger partial charge in [-0.1, -0.05) is 46.3 Å². The molecule has 3 heteroatoms. The van der Waals surface area contributed by atoms with E-state index in [0.29, 0.717) is 6.54 Å². The Morgan fingerprint density at radius 2 is 1.69 bits per heavy atom. The summed E-state index contributed by atoms with van der Waals surface area (Å²) < 4.78 is 2.87. The molecule has 0 atom stereocenters. The van der Waals surface area contributed by atoms with Gasteiger partial charge in [0.25, 0.3) is 0 Å². The predicted molar refractivity (Wildman–Crippen MR) is 65.1 cm³/mol. The van der Waals surface area contributed by atoms with E-state index in [-0.39, 0.29) is 5.78 Å². The van der Waals surface area contributed by atoms with E-state index in [1.54, 1.807) is 0 Å². The van der Waals surface area contributed by atoms with Crippen molar-refractivity contribution >= 4 is 21.7 Å². The number of Topliss-reactive ketones (excluding diaryl/α,β-unsaturated/α-hetero) is 1. The molecule has 0 aliphatic heterocycles. The molecule has 1 aromatic heterocycles. The van der Waals surface area contributed by atoms with Crippen LogP contribution in [-0.4, -0.2) is 5.78 Å². The molecule has 80 valence electrons. The van der Waals surface area contributed by atoms with Crippen molar-refractivity contribution in [1.29, 1.82) is 0 Å². The van der Waals surface area contributed by atoms with E-state index in [9.17, 15) is 4.79 Å². The van der Waals surface area contributed by atoms with E-state index in [1.165, 1.54) is 0 Å². The Hall–Kier alpha value is -1.48. The van der Waals surface area contributed by atoms with Crippen molar-refractivity contribution < 1.29 is 9.36 Å². The summed E-state index contributed by atoms with van der Waals surface area (Å²) in [5.74, 6) is 0.118. The average molecular weight is 277 g/mol. The van der Waals surface area contributed by atoms with Crippen LogP contribution in [0.25, 0.3) is 0 Å². The summed E-state index contributed by atoms with van der Waals surface area (Å²) >= 11 is 3.36. The molecular formula is C13H11BrNO+. The predicted octanol–water partition coefficient (Wildman–Crippen LogP) is 2.62. The number of ketones is 1. The van der Waals surface area contributed by atoms with Gasteiger partial charge in [0.1, 0.15) is 0 Å². The third-order valence-electron chi connectivity index (χ3n) is 2.27. The summed E-state index contributed by atoms with van der Waals surface area (Å²) in [5.41, 5.74) is 0.748. The number of hydrogen-bond donors (Lipinski definition) is 0. The molecule has 0 N–H and O–H groups in total. The normalized spacial score (nSPS) is 10.1. The largest absolute Gasteiger partial charge is 0.287 e. The van der Waals surface area contributed by atoms with Crippen LogP contribution in [0.1, 0.15) is 10.4 Å². The molecule has 1 aromatic carbocycles. The average Bonchev–Trinajstić information content (AvgIpc) is 2.33. The lowest BCUT2D eigenvalue weighted by atomic mass is 10.1. The minimum atomic E-state index is 0.118. The minimum absolute atomic E-state index is 0.118. The minimum Gasteiger partial charge on any atom is -0.287 e. The fraction of sp³-hybridized carbons (Fsp3) is 0.0769. The van der Waals surface area contributed by atoms with Gasteiger partial charge >= 0.3 is 0 Å². The molecule has 0 bridgehead atoms. The highest BCUT2D eigenvalue weighted by atomic mass is 79.9. The Balaban J connectivity index is 2.11. The summed E-state index contributed by atoms with van der Waals surface area (Å²) in [6.45, 7) is 0.372. The van der Waals surface area contributed by atoms with Crippen LogP contribution in [0.5, 0.6) is 0 Å².